The van der Waals surface area contributed by atoms with Crippen LogP contribution in [0.2, 0.25) is 0 Å². The molecule has 1 aliphatic heterocycles. The minimum atomic E-state index is -0.546. The highest BCUT2D eigenvalue weighted by molar-refractivity contribution is 5.79. The van der Waals surface area contributed by atoms with Crippen molar-refractivity contribution >= 4 is 5.78 Å². The molecule has 30 heavy (non-hydrogen) atoms. The van der Waals surface area contributed by atoms with Crippen LogP contribution in [0.3, 0.4) is 0 Å². The number of phenols is 1. The zero-order valence-electron chi connectivity index (χ0n) is 17.3. The number of rotatable bonds is 6. The summed E-state index contributed by atoms with van der Waals surface area (Å²) in [6, 6.07) is 12.5. The van der Waals surface area contributed by atoms with E-state index in [4.69, 9.17) is 0 Å². The molecule has 2 fully saturated rings. The van der Waals surface area contributed by atoms with E-state index < -0.39 is 5.54 Å². The molecule has 0 unspecified atom stereocenters. The summed E-state index contributed by atoms with van der Waals surface area (Å²) in [6.45, 7) is 5.13. The molecule has 0 spiro atoms. The molecule has 1 aliphatic carbocycles. The average molecular weight is 412 g/mol. The van der Waals surface area contributed by atoms with Crippen molar-refractivity contribution in [3.63, 3.8) is 0 Å². The highest BCUT2D eigenvalue weighted by Crippen LogP contribution is 2.37. The number of carbonyl (C=O) groups excluding carboxylic acids is 1. The fraction of sp³-hybridized carbons (Fsp3) is 0.458. The number of hydrogen-bond acceptors (Lipinski definition) is 5. The lowest BCUT2D eigenvalue weighted by molar-refractivity contribution is -0.121. The molecule has 2 aliphatic rings. The molecular weight excluding hydrogens is 381 g/mol. The summed E-state index contributed by atoms with van der Waals surface area (Å²) in [6.07, 6.45) is 2.12. The van der Waals surface area contributed by atoms with E-state index in [0.29, 0.717) is 50.1 Å². The molecule has 1 saturated carbocycles. The Morgan fingerprint density at radius 3 is 2.57 bits per heavy atom. The topological polar surface area (TPSA) is 64.6 Å². The van der Waals surface area contributed by atoms with Crippen molar-refractivity contribution in [2.45, 2.75) is 44.3 Å². The third-order valence-electron chi connectivity index (χ3n) is 6.43. The van der Waals surface area contributed by atoms with Crippen molar-refractivity contribution in [3.05, 3.63) is 65.0 Å². The van der Waals surface area contributed by atoms with Gasteiger partial charge >= 0.3 is 0 Å². The Morgan fingerprint density at radius 2 is 1.83 bits per heavy atom. The maximum atomic E-state index is 14.7. The first-order valence-corrected chi connectivity index (χ1v) is 10.8. The molecule has 6 heteroatoms. The molecule has 1 saturated heterocycles. The number of nitrogens with one attached hydrogen (secondary N) is 2. The second-order valence-corrected chi connectivity index (χ2v) is 8.44. The van der Waals surface area contributed by atoms with E-state index in [0.717, 1.165) is 37.3 Å². The third kappa shape index (κ3) is 4.72. The average Bonchev–Trinajstić information content (AvgIpc) is 2.77. The fourth-order valence-corrected chi connectivity index (χ4v) is 4.60. The van der Waals surface area contributed by atoms with E-state index in [1.165, 1.54) is 6.07 Å². The van der Waals surface area contributed by atoms with Gasteiger partial charge in [-0.25, -0.2) is 4.39 Å². The predicted molar refractivity (Wildman–Crippen MR) is 115 cm³/mol. The lowest BCUT2D eigenvalue weighted by Gasteiger charge is -2.38. The van der Waals surface area contributed by atoms with Crippen LogP contribution in [-0.2, 0) is 23.4 Å². The molecular formula is C24H30FN3O2. The van der Waals surface area contributed by atoms with Crippen LogP contribution in [-0.4, -0.2) is 42.0 Å². The van der Waals surface area contributed by atoms with Gasteiger partial charge in [0, 0.05) is 68.8 Å². The number of carbonyl (C=O) groups is 1. The summed E-state index contributed by atoms with van der Waals surface area (Å²) in [7, 11) is 0. The minimum absolute atomic E-state index is 0.232. The van der Waals surface area contributed by atoms with Gasteiger partial charge in [0.25, 0.3) is 0 Å². The number of Topliss-reactive ketones (excluding diaryl/α,β-unsaturated/α-hetero) is 1. The van der Waals surface area contributed by atoms with Crippen LogP contribution < -0.4 is 10.6 Å². The first-order chi connectivity index (χ1) is 14.6. The fourth-order valence-electron chi connectivity index (χ4n) is 4.60. The van der Waals surface area contributed by atoms with Crippen LogP contribution in [0.4, 0.5) is 4.39 Å². The number of benzene rings is 2. The van der Waals surface area contributed by atoms with Crippen molar-refractivity contribution in [2.24, 2.45) is 0 Å². The Balaban J connectivity index is 1.51. The van der Waals surface area contributed by atoms with Gasteiger partial charge < -0.3 is 15.7 Å². The largest absolute Gasteiger partial charge is 0.508 e. The first kappa shape index (κ1) is 21.0. The second kappa shape index (κ2) is 9.25. The maximum absolute atomic E-state index is 14.7. The lowest BCUT2D eigenvalue weighted by atomic mass is 9.75. The highest BCUT2D eigenvalue weighted by atomic mass is 19.1. The van der Waals surface area contributed by atoms with E-state index in [1.807, 2.05) is 24.3 Å². The van der Waals surface area contributed by atoms with Gasteiger partial charge in [0.2, 0.25) is 0 Å². The maximum Gasteiger partial charge on any atom is 0.133 e. The molecule has 4 rings (SSSR count). The second-order valence-electron chi connectivity index (χ2n) is 8.44. The van der Waals surface area contributed by atoms with Crippen LogP contribution in [0.25, 0.3) is 0 Å². The molecule has 5 nitrogen and oxygen atoms in total. The van der Waals surface area contributed by atoms with Crippen LogP contribution in [0.15, 0.2) is 42.5 Å². The number of ketones is 1. The molecule has 0 radical (unpaired) electrons. The van der Waals surface area contributed by atoms with Gasteiger partial charge in [-0.15, -0.1) is 0 Å². The smallest absolute Gasteiger partial charge is 0.133 e. The monoisotopic (exact) mass is 411 g/mol. The van der Waals surface area contributed by atoms with E-state index in [1.54, 1.807) is 12.1 Å². The van der Waals surface area contributed by atoms with Crippen molar-refractivity contribution in [2.75, 3.05) is 26.2 Å². The summed E-state index contributed by atoms with van der Waals surface area (Å²) in [5.41, 5.74) is 2.05. The van der Waals surface area contributed by atoms with Crippen LogP contribution in [0.1, 0.15) is 42.4 Å². The van der Waals surface area contributed by atoms with Gasteiger partial charge in [-0.2, -0.15) is 0 Å². The highest BCUT2D eigenvalue weighted by Gasteiger charge is 2.37. The van der Waals surface area contributed by atoms with Crippen molar-refractivity contribution < 1.29 is 14.3 Å². The molecule has 2 aromatic carbocycles. The number of halogens is 1. The molecule has 2 aromatic rings. The van der Waals surface area contributed by atoms with Crippen LogP contribution in [0.5, 0.6) is 5.75 Å². The quantitative estimate of drug-likeness (QED) is 0.682. The van der Waals surface area contributed by atoms with Crippen molar-refractivity contribution in [1.29, 1.82) is 0 Å². The summed E-state index contributed by atoms with van der Waals surface area (Å²) >= 11 is 0. The van der Waals surface area contributed by atoms with E-state index in [9.17, 15) is 14.3 Å². The third-order valence-corrected chi connectivity index (χ3v) is 6.43. The van der Waals surface area contributed by atoms with Gasteiger partial charge in [-0.1, -0.05) is 24.3 Å². The Labute approximate surface area is 177 Å². The van der Waals surface area contributed by atoms with Gasteiger partial charge in [0.05, 0.1) is 0 Å². The standard InChI is InChI=1S/C24H30FN3O2/c25-22-4-2-1-3-21(22)24(9-7-20(29)8-10-24)27-16-18-5-6-23(30)19(15-18)17-28-13-11-26-12-14-28/h1-6,15,26-27,30H,7-14,16-17H2. The summed E-state index contributed by atoms with van der Waals surface area (Å²) < 4.78 is 14.7. The van der Waals surface area contributed by atoms with Gasteiger partial charge in [-0.3, -0.25) is 9.69 Å². The number of piperazine rings is 1. The molecule has 0 atom stereocenters. The van der Waals surface area contributed by atoms with Gasteiger partial charge in [0.1, 0.15) is 17.3 Å². The molecule has 0 bridgehead atoms. The van der Waals surface area contributed by atoms with Crippen molar-refractivity contribution in [1.82, 2.24) is 15.5 Å². The van der Waals surface area contributed by atoms with Crippen LogP contribution in [0, 0.1) is 5.82 Å². The zero-order chi connectivity index (χ0) is 21.0. The van der Waals surface area contributed by atoms with E-state index >= 15 is 0 Å². The van der Waals surface area contributed by atoms with Gasteiger partial charge in [0.15, 0.2) is 0 Å². The number of phenolic OH excluding ortho intramolecular Hbond substituents is 1. The van der Waals surface area contributed by atoms with E-state index in [2.05, 4.69) is 15.5 Å². The van der Waals surface area contributed by atoms with E-state index in [-0.39, 0.29) is 11.6 Å². The normalized spacial score (nSPS) is 19.7. The molecule has 0 aromatic heterocycles. The lowest BCUT2D eigenvalue weighted by Crippen LogP contribution is -2.45. The summed E-state index contributed by atoms with van der Waals surface area (Å²) in [5, 5.41) is 17.3. The van der Waals surface area contributed by atoms with Gasteiger partial charge in [-0.05, 0) is 36.6 Å². The molecule has 0 amide bonds. The Morgan fingerprint density at radius 1 is 1.10 bits per heavy atom. The Kier molecular flexibility index (Phi) is 6.46. The molecule has 3 N–H and O–H groups in total. The minimum Gasteiger partial charge on any atom is -0.508 e. The summed E-state index contributed by atoms with van der Waals surface area (Å²) in [5.74, 6) is 0.320. The Bertz CT molecular complexity index is 886. The first-order valence-electron chi connectivity index (χ1n) is 10.8. The number of nitrogens with zero attached hydrogens (tertiary/aromatic N) is 1. The zero-order valence-corrected chi connectivity index (χ0v) is 17.3. The predicted octanol–water partition coefficient (Wildman–Crippen LogP) is 3.06. The molecule has 1 heterocycles. The number of hydrogen-bond donors (Lipinski definition) is 3. The van der Waals surface area contributed by atoms with Crippen LogP contribution >= 0.6 is 0 Å². The number of aromatic hydroxyl groups is 1. The Hall–Kier alpha value is -2.28. The SMILES string of the molecule is O=C1CCC(NCc2ccc(O)c(CN3CCNCC3)c2)(c2ccccc2F)CC1. The molecule has 160 valence electrons. The summed E-state index contributed by atoms with van der Waals surface area (Å²) in [4.78, 5) is 14.2. The van der Waals surface area contributed by atoms with Crippen molar-refractivity contribution in [3.8, 4) is 5.75 Å².